The number of esters is 2. The number of methoxy groups -OCH3 is 1. The van der Waals surface area contributed by atoms with E-state index in [0.29, 0.717) is 10.0 Å². The highest BCUT2D eigenvalue weighted by Gasteiger charge is 2.22. The van der Waals surface area contributed by atoms with Crippen LogP contribution < -0.4 is 11.1 Å². The summed E-state index contributed by atoms with van der Waals surface area (Å²) in [5.74, 6) is -1.88. The fourth-order valence-electron chi connectivity index (χ4n) is 2.15. The first-order chi connectivity index (χ1) is 12.2. The maximum atomic E-state index is 12.1. The second kappa shape index (κ2) is 8.20. The van der Waals surface area contributed by atoms with Crippen molar-refractivity contribution in [1.29, 1.82) is 0 Å². The number of aryl methyl sites for hydroxylation is 1. The van der Waals surface area contributed by atoms with Gasteiger partial charge in [-0.3, -0.25) is 4.79 Å². The van der Waals surface area contributed by atoms with Crippen LogP contribution >= 0.6 is 22.9 Å². The number of halogens is 1. The van der Waals surface area contributed by atoms with Crippen molar-refractivity contribution in [2.75, 3.05) is 24.8 Å². The quantitative estimate of drug-likeness (QED) is 0.593. The van der Waals surface area contributed by atoms with E-state index in [1.165, 1.54) is 36.6 Å². The predicted octanol–water partition coefficient (Wildman–Crippen LogP) is 3.18. The number of nitrogens with one attached hydrogen (secondary N) is 1. The van der Waals surface area contributed by atoms with Crippen LogP contribution in [0.5, 0.6) is 0 Å². The average Bonchev–Trinajstić information content (AvgIpc) is 2.86. The lowest BCUT2D eigenvalue weighted by Gasteiger charge is -2.08. The highest BCUT2D eigenvalue weighted by atomic mass is 35.5. The van der Waals surface area contributed by atoms with Crippen molar-refractivity contribution in [2.45, 2.75) is 13.8 Å². The lowest BCUT2D eigenvalue weighted by atomic mass is 10.1. The number of nitrogen functional groups attached to an aromatic ring is 1. The van der Waals surface area contributed by atoms with Crippen LogP contribution in [0.1, 0.15) is 31.2 Å². The molecule has 138 valence electrons. The van der Waals surface area contributed by atoms with E-state index in [-0.39, 0.29) is 16.8 Å². The van der Waals surface area contributed by atoms with Gasteiger partial charge in [-0.05, 0) is 37.6 Å². The van der Waals surface area contributed by atoms with Crippen molar-refractivity contribution < 1.29 is 23.9 Å². The van der Waals surface area contributed by atoms with Gasteiger partial charge >= 0.3 is 11.9 Å². The van der Waals surface area contributed by atoms with E-state index < -0.39 is 24.5 Å². The molecular weight excluding hydrogens is 380 g/mol. The Hall–Kier alpha value is -2.58. The molecule has 0 saturated heterocycles. The van der Waals surface area contributed by atoms with Crippen LogP contribution in [0.15, 0.2) is 18.2 Å². The molecular formula is C17H17ClN2O5S. The third-order valence-electron chi connectivity index (χ3n) is 3.60. The highest BCUT2D eigenvalue weighted by Crippen LogP contribution is 2.32. The zero-order chi connectivity index (χ0) is 19.4. The number of benzene rings is 1. The Morgan fingerprint density at radius 2 is 1.92 bits per heavy atom. The van der Waals surface area contributed by atoms with Crippen molar-refractivity contribution in [3.63, 3.8) is 0 Å². The molecule has 1 aromatic carbocycles. The molecule has 0 unspecified atom stereocenters. The van der Waals surface area contributed by atoms with Gasteiger partial charge < -0.3 is 20.5 Å². The van der Waals surface area contributed by atoms with Crippen LogP contribution in [0, 0.1) is 13.8 Å². The van der Waals surface area contributed by atoms with Crippen LogP contribution in [0.3, 0.4) is 0 Å². The molecule has 1 heterocycles. The van der Waals surface area contributed by atoms with Gasteiger partial charge in [-0.1, -0.05) is 11.6 Å². The summed E-state index contributed by atoms with van der Waals surface area (Å²) < 4.78 is 9.70. The Kier molecular flexibility index (Phi) is 6.23. The number of thiophene rings is 1. The topological polar surface area (TPSA) is 108 Å². The number of carbonyl (C=O) groups excluding carboxylic acids is 3. The van der Waals surface area contributed by atoms with Crippen molar-refractivity contribution in [3.8, 4) is 0 Å². The first kappa shape index (κ1) is 19.7. The minimum atomic E-state index is -0.749. The van der Waals surface area contributed by atoms with Crippen LogP contribution in [0.2, 0.25) is 5.02 Å². The standard InChI is InChI=1S/C17H17ClN2O5S/c1-8-9(2)26-15(14(8)17(23)24-3)20-13(21)7-25-16(22)11-5-4-10(18)6-12(11)19/h4-6H,7,19H2,1-3H3,(H,20,21). The van der Waals surface area contributed by atoms with E-state index in [9.17, 15) is 14.4 Å². The number of ether oxygens (including phenoxy) is 2. The number of hydrogen-bond acceptors (Lipinski definition) is 7. The molecule has 2 rings (SSSR count). The number of anilines is 2. The molecule has 0 bridgehead atoms. The van der Waals surface area contributed by atoms with Crippen LogP contribution in [-0.4, -0.2) is 31.6 Å². The number of nitrogens with two attached hydrogens (primary N) is 1. The molecule has 0 aliphatic rings. The molecule has 0 aliphatic heterocycles. The lowest BCUT2D eigenvalue weighted by Crippen LogP contribution is -2.22. The summed E-state index contributed by atoms with van der Waals surface area (Å²) in [6, 6.07) is 4.33. The van der Waals surface area contributed by atoms with E-state index in [2.05, 4.69) is 5.32 Å². The van der Waals surface area contributed by atoms with Gasteiger partial charge in [0.05, 0.1) is 18.2 Å². The largest absolute Gasteiger partial charge is 0.465 e. The second-order valence-corrected chi connectivity index (χ2v) is 7.00. The van der Waals surface area contributed by atoms with Gasteiger partial charge in [-0.15, -0.1) is 11.3 Å². The number of carbonyl (C=O) groups is 3. The first-order valence-corrected chi connectivity index (χ1v) is 8.64. The lowest BCUT2D eigenvalue weighted by molar-refractivity contribution is -0.119. The molecule has 7 nitrogen and oxygen atoms in total. The van der Waals surface area contributed by atoms with Gasteiger partial charge in [0.2, 0.25) is 0 Å². The van der Waals surface area contributed by atoms with E-state index >= 15 is 0 Å². The van der Waals surface area contributed by atoms with Gasteiger partial charge in [-0.2, -0.15) is 0 Å². The van der Waals surface area contributed by atoms with E-state index in [1.54, 1.807) is 6.92 Å². The molecule has 0 radical (unpaired) electrons. The van der Waals surface area contributed by atoms with Crippen molar-refractivity contribution >= 4 is 51.5 Å². The molecule has 0 spiro atoms. The molecule has 26 heavy (non-hydrogen) atoms. The van der Waals surface area contributed by atoms with E-state index in [0.717, 1.165) is 10.4 Å². The molecule has 0 saturated carbocycles. The summed E-state index contributed by atoms with van der Waals surface area (Å²) in [4.78, 5) is 36.9. The minimum absolute atomic E-state index is 0.111. The summed E-state index contributed by atoms with van der Waals surface area (Å²) in [7, 11) is 1.26. The van der Waals surface area contributed by atoms with Gasteiger partial charge in [0.1, 0.15) is 5.00 Å². The Morgan fingerprint density at radius 3 is 2.54 bits per heavy atom. The maximum absolute atomic E-state index is 12.1. The molecule has 0 aliphatic carbocycles. The van der Waals surface area contributed by atoms with E-state index in [4.69, 9.17) is 26.8 Å². The number of rotatable bonds is 5. The van der Waals surface area contributed by atoms with Crippen LogP contribution in [0.25, 0.3) is 0 Å². The fourth-order valence-corrected chi connectivity index (χ4v) is 3.40. The van der Waals surface area contributed by atoms with Crippen LogP contribution in [-0.2, 0) is 14.3 Å². The smallest absolute Gasteiger partial charge is 0.341 e. The summed E-state index contributed by atoms with van der Waals surface area (Å²) in [6.45, 7) is 3.06. The molecule has 9 heteroatoms. The second-order valence-electron chi connectivity index (χ2n) is 5.33. The van der Waals surface area contributed by atoms with Crippen molar-refractivity contribution in [3.05, 3.63) is 44.8 Å². The minimum Gasteiger partial charge on any atom is -0.465 e. The zero-order valence-electron chi connectivity index (χ0n) is 14.3. The summed E-state index contributed by atoms with van der Waals surface area (Å²) in [6.07, 6.45) is 0. The number of hydrogen-bond donors (Lipinski definition) is 2. The van der Waals surface area contributed by atoms with E-state index in [1.807, 2.05) is 6.92 Å². The van der Waals surface area contributed by atoms with Crippen molar-refractivity contribution in [1.82, 2.24) is 0 Å². The Morgan fingerprint density at radius 1 is 1.23 bits per heavy atom. The maximum Gasteiger partial charge on any atom is 0.341 e. The average molecular weight is 397 g/mol. The molecule has 1 aromatic heterocycles. The molecule has 2 aromatic rings. The monoisotopic (exact) mass is 396 g/mol. The molecule has 0 atom stereocenters. The van der Waals surface area contributed by atoms with Gasteiger partial charge in [-0.25, -0.2) is 9.59 Å². The fraction of sp³-hybridized carbons (Fsp3) is 0.235. The first-order valence-electron chi connectivity index (χ1n) is 7.45. The normalized spacial score (nSPS) is 10.3. The zero-order valence-corrected chi connectivity index (χ0v) is 15.9. The predicted molar refractivity (Wildman–Crippen MR) is 99.9 cm³/mol. The summed E-state index contributed by atoms with van der Waals surface area (Å²) in [5.41, 5.74) is 6.98. The van der Waals surface area contributed by atoms with Gasteiger partial charge in [0.25, 0.3) is 5.91 Å². The molecule has 3 N–H and O–H groups in total. The Balaban J connectivity index is 2.05. The SMILES string of the molecule is COC(=O)c1c(NC(=O)COC(=O)c2ccc(Cl)cc2N)sc(C)c1C. The molecule has 0 fully saturated rings. The third-order valence-corrected chi connectivity index (χ3v) is 4.95. The van der Waals surface area contributed by atoms with Gasteiger partial charge in [0, 0.05) is 15.6 Å². The van der Waals surface area contributed by atoms with Crippen LogP contribution in [0.4, 0.5) is 10.7 Å². The molecule has 1 amide bonds. The Bertz CT molecular complexity index is 878. The Labute approximate surface area is 159 Å². The third kappa shape index (κ3) is 4.33. The number of amides is 1. The van der Waals surface area contributed by atoms with Crippen molar-refractivity contribution in [2.24, 2.45) is 0 Å². The highest BCUT2D eigenvalue weighted by molar-refractivity contribution is 7.16. The summed E-state index contributed by atoms with van der Waals surface area (Å²) >= 11 is 7.01. The van der Waals surface area contributed by atoms with Gasteiger partial charge in [0.15, 0.2) is 6.61 Å². The summed E-state index contributed by atoms with van der Waals surface area (Å²) in [5, 5.41) is 3.30.